The fraction of sp³-hybridized carbons (Fsp3) is 0.300. The van der Waals surface area contributed by atoms with Gasteiger partial charge in [-0.15, -0.1) is 12.4 Å². The lowest BCUT2D eigenvalue weighted by Gasteiger charge is -2.35. The predicted octanol–water partition coefficient (Wildman–Crippen LogP) is 4.21. The van der Waals surface area contributed by atoms with Crippen LogP contribution in [0.4, 0.5) is 11.8 Å². The molecule has 0 aliphatic carbocycles. The van der Waals surface area contributed by atoms with Crippen LogP contribution in [0.15, 0.2) is 54.6 Å². The average molecular weight is 596 g/mol. The second-order valence-corrected chi connectivity index (χ2v) is 9.40. The molecule has 4 aromatic rings. The van der Waals surface area contributed by atoms with E-state index in [1.165, 1.54) is 14.2 Å². The first kappa shape index (κ1) is 30.3. The van der Waals surface area contributed by atoms with Gasteiger partial charge in [0.05, 0.1) is 34.0 Å². The number of hydrogen-bond acceptors (Lipinski definition) is 10. The molecule has 222 valence electrons. The normalized spacial score (nSPS) is 12.9. The van der Waals surface area contributed by atoms with E-state index in [0.717, 1.165) is 5.56 Å². The molecule has 5 rings (SSSR count). The number of piperazine rings is 1. The van der Waals surface area contributed by atoms with Gasteiger partial charge in [-0.1, -0.05) is 30.3 Å². The molecule has 2 heterocycles. The first-order valence-corrected chi connectivity index (χ1v) is 13.1. The number of methoxy groups -OCH3 is 4. The van der Waals surface area contributed by atoms with E-state index in [9.17, 15) is 4.79 Å². The number of benzene rings is 3. The number of nitrogens with zero attached hydrogens (tertiary/aromatic N) is 4. The van der Waals surface area contributed by atoms with Crippen molar-refractivity contribution < 1.29 is 28.5 Å². The van der Waals surface area contributed by atoms with Crippen LogP contribution in [0.1, 0.15) is 15.9 Å². The second-order valence-electron chi connectivity index (χ2n) is 9.40. The largest absolute Gasteiger partial charge is 0.493 e. The fourth-order valence-electron chi connectivity index (χ4n) is 4.78. The van der Waals surface area contributed by atoms with Gasteiger partial charge in [0.15, 0.2) is 23.0 Å². The highest BCUT2D eigenvalue weighted by atomic mass is 35.5. The molecule has 1 saturated heterocycles. The fourth-order valence-corrected chi connectivity index (χ4v) is 4.78. The zero-order valence-electron chi connectivity index (χ0n) is 24.0. The maximum atomic E-state index is 13.5. The smallest absolute Gasteiger partial charge is 0.254 e. The molecule has 0 bridgehead atoms. The molecule has 1 amide bonds. The maximum Gasteiger partial charge on any atom is 0.254 e. The first-order chi connectivity index (χ1) is 19.9. The Labute approximate surface area is 250 Å². The molecule has 0 unspecified atom stereocenters. The highest BCUT2D eigenvalue weighted by Gasteiger charge is 2.26. The van der Waals surface area contributed by atoms with Crippen molar-refractivity contribution in [3.05, 3.63) is 65.7 Å². The lowest BCUT2D eigenvalue weighted by molar-refractivity contribution is 0.0745. The minimum Gasteiger partial charge on any atom is -0.493 e. The van der Waals surface area contributed by atoms with E-state index in [0.29, 0.717) is 89.8 Å². The summed E-state index contributed by atoms with van der Waals surface area (Å²) in [7, 11) is 6.22. The lowest BCUT2D eigenvalue weighted by atomic mass is 10.1. The number of aromatic nitrogens is 2. The van der Waals surface area contributed by atoms with Crippen LogP contribution in [-0.4, -0.2) is 75.4 Å². The Morgan fingerprint density at radius 2 is 1.40 bits per heavy atom. The van der Waals surface area contributed by atoms with Crippen molar-refractivity contribution in [3.8, 4) is 28.7 Å². The predicted molar refractivity (Wildman–Crippen MR) is 163 cm³/mol. The van der Waals surface area contributed by atoms with Crippen LogP contribution in [0.5, 0.6) is 28.7 Å². The van der Waals surface area contributed by atoms with E-state index in [1.807, 2.05) is 35.2 Å². The van der Waals surface area contributed by atoms with E-state index >= 15 is 0 Å². The molecule has 42 heavy (non-hydrogen) atoms. The second kappa shape index (κ2) is 13.3. The van der Waals surface area contributed by atoms with E-state index in [-0.39, 0.29) is 18.3 Å². The number of ether oxygens (including phenoxy) is 5. The van der Waals surface area contributed by atoms with Crippen molar-refractivity contribution in [2.75, 3.05) is 65.3 Å². The minimum absolute atomic E-state index is 0. The summed E-state index contributed by atoms with van der Waals surface area (Å²) >= 11 is 0. The number of rotatable bonds is 9. The van der Waals surface area contributed by atoms with Crippen molar-refractivity contribution in [2.24, 2.45) is 0 Å². The molecule has 2 N–H and O–H groups in total. The maximum absolute atomic E-state index is 13.5. The third-order valence-corrected chi connectivity index (χ3v) is 7.00. The first-order valence-electron chi connectivity index (χ1n) is 13.1. The number of anilines is 2. The summed E-state index contributed by atoms with van der Waals surface area (Å²) in [5, 5.41) is 0.680. The standard InChI is InChI=1S/C30H33N5O6.ClH/c1-37-23-16-21-22(17-24(23)38-2)32-30(33-28(21)31)35-12-10-34(11-13-35)29(36)20-14-25(39-3)27(26(15-20)40-4)41-18-19-8-6-5-7-9-19;/h5-9,14-17H,10-13,18H2,1-4H3,(H2,31,32,33);1H. The summed E-state index contributed by atoms with van der Waals surface area (Å²) in [6, 6.07) is 16.7. The molecule has 1 aromatic heterocycles. The molecule has 0 saturated carbocycles. The molecule has 0 radical (unpaired) electrons. The van der Waals surface area contributed by atoms with Gasteiger partial charge >= 0.3 is 0 Å². The van der Waals surface area contributed by atoms with Crippen LogP contribution in [0.25, 0.3) is 10.9 Å². The highest BCUT2D eigenvalue weighted by Crippen LogP contribution is 2.39. The lowest BCUT2D eigenvalue weighted by Crippen LogP contribution is -2.49. The minimum atomic E-state index is -0.133. The topological polar surface area (TPSA) is 122 Å². The summed E-state index contributed by atoms with van der Waals surface area (Å²) < 4.78 is 28.0. The summed E-state index contributed by atoms with van der Waals surface area (Å²) in [4.78, 5) is 26.5. The van der Waals surface area contributed by atoms with E-state index < -0.39 is 0 Å². The zero-order chi connectivity index (χ0) is 28.9. The molecule has 0 atom stereocenters. The van der Waals surface area contributed by atoms with Crippen LogP contribution >= 0.6 is 12.4 Å². The zero-order valence-corrected chi connectivity index (χ0v) is 24.8. The molecule has 0 spiro atoms. The third kappa shape index (κ3) is 6.15. The summed E-state index contributed by atoms with van der Waals surface area (Å²) in [6.45, 7) is 2.36. The van der Waals surface area contributed by atoms with Gasteiger partial charge < -0.3 is 39.2 Å². The van der Waals surface area contributed by atoms with Crippen LogP contribution in [-0.2, 0) is 6.61 Å². The summed E-state index contributed by atoms with van der Waals surface area (Å²) in [6.07, 6.45) is 0. The average Bonchev–Trinajstić information content (AvgIpc) is 3.02. The molecule has 1 aliphatic heterocycles. The Kier molecular flexibility index (Phi) is 9.64. The quantitative estimate of drug-likeness (QED) is 0.301. The monoisotopic (exact) mass is 595 g/mol. The number of nitrogen functional groups attached to an aromatic ring is 1. The van der Waals surface area contributed by atoms with Gasteiger partial charge in [-0.3, -0.25) is 4.79 Å². The van der Waals surface area contributed by atoms with E-state index in [2.05, 4.69) is 4.98 Å². The number of amides is 1. The van der Waals surface area contributed by atoms with Crippen molar-refractivity contribution in [3.63, 3.8) is 0 Å². The van der Waals surface area contributed by atoms with Gasteiger partial charge in [0.2, 0.25) is 11.7 Å². The Morgan fingerprint density at radius 1 is 0.810 bits per heavy atom. The van der Waals surface area contributed by atoms with Crippen molar-refractivity contribution in [1.29, 1.82) is 0 Å². The van der Waals surface area contributed by atoms with Crippen LogP contribution in [0, 0.1) is 0 Å². The van der Waals surface area contributed by atoms with Crippen molar-refractivity contribution in [2.45, 2.75) is 6.61 Å². The van der Waals surface area contributed by atoms with Gasteiger partial charge in [0.25, 0.3) is 5.91 Å². The molecule has 12 heteroatoms. The Morgan fingerprint density at radius 3 is 2.00 bits per heavy atom. The molecule has 1 fully saturated rings. The molecular formula is C30H34ClN5O6. The van der Waals surface area contributed by atoms with Gasteiger partial charge in [-0.05, 0) is 23.8 Å². The van der Waals surface area contributed by atoms with Gasteiger partial charge in [0, 0.05) is 43.2 Å². The number of halogens is 1. The van der Waals surface area contributed by atoms with Crippen LogP contribution in [0.3, 0.4) is 0 Å². The van der Waals surface area contributed by atoms with Gasteiger partial charge in [0.1, 0.15) is 12.4 Å². The number of carbonyl (C=O) groups is 1. The molecule has 1 aliphatic rings. The van der Waals surface area contributed by atoms with Crippen LogP contribution in [0.2, 0.25) is 0 Å². The van der Waals surface area contributed by atoms with E-state index in [1.54, 1.807) is 43.4 Å². The summed E-state index contributed by atoms with van der Waals surface area (Å²) in [5.41, 5.74) is 8.39. The number of hydrogen-bond donors (Lipinski definition) is 1. The van der Waals surface area contributed by atoms with Crippen LogP contribution < -0.4 is 34.3 Å². The highest BCUT2D eigenvalue weighted by molar-refractivity contribution is 5.96. The Hall–Kier alpha value is -4.64. The number of carbonyl (C=O) groups excluding carboxylic acids is 1. The number of fused-ring (bicyclic) bond motifs is 1. The van der Waals surface area contributed by atoms with Gasteiger partial charge in [-0.25, -0.2) is 4.98 Å². The SMILES string of the molecule is COc1cc2nc(N3CCN(C(=O)c4cc(OC)c(OCc5ccccc5)c(OC)c4)CC3)nc(N)c2cc1OC.Cl. The Balaban J connectivity index is 0.00000405. The molecular weight excluding hydrogens is 562 g/mol. The van der Waals surface area contributed by atoms with Crippen molar-refractivity contribution in [1.82, 2.24) is 14.9 Å². The molecule has 3 aromatic carbocycles. The number of nitrogens with two attached hydrogens (primary N) is 1. The van der Waals surface area contributed by atoms with Crippen molar-refractivity contribution >= 4 is 41.0 Å². The van der Waals surface area contributed by atoms with Gasteiger partial charge in [-0.2, -0.15) is 4.98 Å². The Bertz CT molecular complexity index is 1520. The molecule has 11 nitrogen and oxygen atoms in total. The van der Waals surface area contributed by atoms with E-state index in [4.69, 9.17) is 34.4 Å². The summed E-state index contributed by atoms with van der Waals surface area (Å²) in [5.74, 6) is 3.12. The third-order valence-electron chi connectivity index (χ3n) is 7.00.